The minimum absolute atomic E-state index is 0.0831. The number of thiophene rings is 1. The summed E-state index contributed by atoms with van der Waals surface area (Å²) in [5.74, 6) is 0.0759. The second-order valence-corrected chi connectivity index (χ2v) is 8.54. The van der Waals surface area contributed by atoms with Crippen LogP contribution in [0.5, 0.6) is 0 Å². The van der Waals surface area contributed by atoms with Crippen LogP contribution in [0.25, 0.3) is 16.0 Å². The summed E-state index contributed by atoms with van der Waals surface area (Å²) in [6.45, 7) is -0.0831. The number of esters is 1. The van der Waals surface area contributed by atoms with Crippen LogP contribution in [0.4, 0.5) is 4.39 Å². The molecule has 7 nitrogen and oxygen atoms in total. The number of ether oxygens (including phenoxy) is 1. The Hall–Kier alpha value is -3.07. The lowest BCUT2D eigenvalue weighted by atomic mass is 9.79. The van der Waals surface area contributed by atoms with Gasteiger partial charge in [-0.1, -0.05) is 25.0 Å². The fourth-order valence-electron chi connectivity index (χ4n) is 4.39. The summed E-state index contributed by atoms with van der Waals surface area (Å²) >= 11 is 1.34. The van der Waals surface area contributed by atoms with Gasteiger partial charge in [-0.05, 0) is 42.0 Å². The number of rotatable bonds is 4. The summed E-state index contributed by atoms with van der Waals surface area (Å²) in [6, 6.07) is 8.03. The van der Waals surface area contributed by atoms with Gasteiger partial charge in [0.15, 0.2) is 12.4 Å². The topological polar surface area (TPSA) is 78.5 Å². The maximum Gasteiger partial charge on any atom is 0.317 e. The van der Waals surface area contributed by atoms with Crippen LogP contribution in [0.15, 0.2) is 40.5 Å². The molecule has 0 N–H and O–H groups in total. The van der Waals surface area contributed by atoms with Crippen LogP contribution in [0.3, 0.4) is 0 Å². The first kappa shape index (κ1) is 18.9. The molecule has 0 aliphatic heterocycles. The van der Waals surface area contributed by atoms with Gasteiger partial charge < -0.3 is 4.74 Å². The van der Waals surface area contributed by atoms with Crippen LogP contribution in [-0.2, 0) is 28.6 Å². The molecule has 0 unspecified atom stereocenters. The zero-order chi connectivity index (χ0) is 20.9. The Bertz CT molecular complexity index is 1330. The molecule has 3 heterocycles. The molecule has 1 aliphatic rings. The van der Waals surface area contributed by atoms with E-state index >= 15 is 0 Å². The van der Waals surface area contributed by atoms with E-state index in [1.54, 1.807) is 23.6 Å². The summed E-state index contributed by atoms with van der Waals surface area (Å²) < 4.78 is 23.3. The number of hydrogen-bond acceptors (Lipinski definition) is 6. The minimum Gasteiger partial charge on any atom is -0.457 e. The highest BCUT2D eigenvalue weighted by Gasteiger charge is 2.44. The number of benzene rings is 1. The molecule has 0 spiro atoms. The molecule has 0 bridgehead atoms. The van der Waals surface area contributed by atoms with Crippen molar-refractivity contribution in [2.24, 2.45) is 7.05 Å². The Labute approximate surface area is 174 Å². The van der Waals surface area contributed by atoms with Crippen LogP contribution < -0.4 is 5.56 Å². The number of aromatic nitrogens is 4. The lowest BCUT2D eigenvalue weighted by Gasteiger charge is -2.27. The van der Waals surface area contributed by atoms with Crippen LogP contribution in [0.2, 0.25) is 0 Å². The van der Waals surface area contributed by atoms with Crippen molar-refractivity contribution in [2.75, 3.05) is 0 Å². The normalized spacial score (nSPS) is 15.8. The highest BCUT2D eigenvalue weighted by molar-refractivity contribution is 7.17. The Balaban J connectivity index is 1.49. The van der Waals surface area contributed by atoms with Crippen molar-refractivity contribution in [1.29, 1.82) is 0 Å². The monoisotopic (exact) mass is 426 g/mol. The number of hydrogen-bond donors (Lipinski definition) is 0. The smallest absolute Gasteiger partial charge is 0.317 e. The van der Waals surface area contributed by atoms with E-state index in [1.165, 1.54) is 28.0 Å². The van der Waals surface area contributed by atoms with Crippen LogP contribution in [-0.4, -0.2) is 25.1 Å². The summed E-state index contributed by atoms with van der Waals surface area (Å²) in [4.78, 5) is 25.6. The highest BCUT2D eigenvalue weighted by Crippen LogP contribution is 2.42. The summed E-state index contributed by atoms with van der Waals surface area (Å²) in [5, 5.41) is 10.1. The van der Waals surface area contributed by atoms with Crippen molar-refractivity contribution in [3.8, 4) is 0 Å². The van der Waals surface area contributed by atoms with Crippen molar-refractivity contribution >= 4 is 33.3 Å². The van der Waals surface area contributed by atoms with Gasteiger partial charge in [0.2, 0.25) is 5.78 Å². The van der Waals surface area contributed by atoms with E-state index in [-0.39, 0.29) is 24.0 Å². The lowest BCUT2D eigenvalue weighted by molar-refractivity contribution is -0.152. The summed E-state index contributed by atoms with van der Waals surface area (Å²) in [5.41, 5.74) is 0.362. The number of carbonyl (C=O) groups is 1. The van der Waals surface area contributed by atoms with Crippen molar-refractivity contribution in [2.45, 2.75) is 37.7 Å². The number of aryl methyl sites for hydroxylation is 1. The van der Waals surface area contributed by atoms with E-state index in [2.05, 4.69) is 10.2 Å². The summed E-state index contributed by atoms with van der Waals surface area (Å²) in [6.07, 6.45) is 3.02. The second kappa shape index (κ2) is 7.02. The predicted octanol–water partition coefficient (Wildman–Crippen LogP) is 3.34. The van der Waals surface area contributed by atoms with E-state index < -0.39 is 5.41 Å². The average molecular weight is 426 g/mol. The summed E-state index contributed by atoms with van der Waals surface area (Å²) in [7, 11) is 1.64. The number of carbonyl (C=O) groups excluding carboxylic acids is 1. The molecule has 30 heavy (non-hydrogen) atoms. The Kier molecular flexibility index (Phi) is 4.43. The Morgan fingerprint density at radius 1 is 1.27 bits per heavy atom. The largest absolute Gasteiger partial charge is 0.457 e. The zero-order valence-electron chi connectivity index (χ0n) is 16.3. The standard InChI is InChI=1S/C21H19FN4O3S/c1-25-18(27)17-15(7-10-30-17)26-16(23-24-20(25)26)12-29-19(28)21(8-2-3-9-21)13-5-4-6-14(22)11-13/h4-7,10-11H,2-3,8-9,12H2,1H3. The van der Waals surface area contributed by atoms with Gasteiger partial charge in [-0.25, -0.2) is 4.39 Å². The molecule has 0 saturated heterocycles. The van der Waals surface area contributed by atoms with Crippen LogP contribution >= 0.6 is 11.3 Å². The van der Waals surface area contributed by atoms with Gasteiger partial charge in [0.1, 0.15) is 10.5 Å². The Morgan fingerprint density at radius 3 is 2.83 bits per heavy atom. The van der Waals surface area contributed by atoms with Gasteiger partial charge in [0.05, 0.1) is 10.9 Å². The third kappa shape index (κ3) is 2.76. The quantitative estimate of drug-likeness (QED) is 0.468. The first-order valence-corrected chi connectivity index (χ1v) is 10.6. The van der Waals surface area contributed by atoms with E-state index in [9.17, 15) is 14.0 Å². The SMILES string of the molecule is Cn1c(=O)c2sccc2n2c(COC(=O)C3(c4cccc(F)c4)CCCC3)nnc12. The van der Waals surface area contributed by atoms with Gasteiger partial charge >= 0.3 is 5.97 Å². The number of nitrogens with zero attached hydrogens (tertiary/aromatic N) is 4. The van der Waals surface area contributed by atoms with E-state index in [4.69, 9.17) is 4.74 Å². The zero-order valence-corrected chi connectivity index (χ0v) is 17.1. The van der Waals surface area contributed by atoms with Gasteiger partial charge in [0, 0.05) is 7.05 Å². The van der Waals surface area contributed by atoms with Crippen molar-refractivity contribution in [3.63, 3.8) is 0 Å². The van der Waals surface area contributed by atoms with Gasteiger partial charge in [0.25, 0.3) is 5.56 Å². The fraction of sp³-hybridized carbons (Fsp3) is 0.333. The molecule has 4 aromatic rings. The molecular formula is C21H19FN4O3S. The molecular weight excluding hydrogens is 407 g/mol. The van der Waals surface area contributed by atoms with Crippen LogP contribution in [0, 0.1) is 5.82 Å². The molecule has 1 fully saturated rings. The molecule has 1 aliphatic carbocycles. The van der Waals surface area contributed by atoms with Crippen molar-refractivity contribution in [1.82, 2.24) is 19.2 Å². The van der Waals surface area contributed by atoms with E-state index in [0.717, 1.165) is 12.8 Å². The van der Waals surface area contributed by atoms with Crippen LogP contribution in [0.1, 0.15) is 37.1 Å². The highest BCUT2D eigenvalue weighted by atomic mass is 32.1. The molecule has 9 heteroatoms. The molecule has 3 aromatic heterocycles. The molecule has 1 aromatic carbocycles. The predicted molar refractivity (Wildman–Crippen MR) is 110 cm³/mol. The van der Waals surface area contributed by atoms with Gasteiger partial charge in [-0.15, -0.1) is 21.5 Å². The first-order valence-electron chi connectivity index (χ1n) is 9.75. The fourth-order valence-corrected chi connectivity index (χ4v) is 5.24. The van der Waals surface area contributed by atoms with Crippen molar-refractivity contribution in [3.05, 3.63) is 63.3 Å². The maximum atomic E-state index is 13.8. The molecule has 154 valence electrons. The van der Waals surface area contributed by atoms with E-state index in [1.807, 2.05) is 11.4 Å². The second-order valence-electron chi connectivity index (χ2n) is 7.63. The number of halogens is 1. The number of fused-ring (bicyclic) bond motifs is 3. The third-order valence-electron chi connectivity index (χ3n) is 5.95. The third-order valence-corrected chi connectivity index (χ3v) is 6.85. The molecule has 0 atom stereocenters. The molecule has 0 amide bonds. The Morgan fingerprint density at radius 2 is 2.07 bits per heavy atom. The van der Waals surface area contributed by atoms with Gasteiger partial charge in [-0.3, -0.25) is 18.6 Å². The maximum absolute atomic E-state index is 13.8. The molecule has 5 rings (SSSR count). The van der Waals surface area contributed by atoms with E-state index in [0.29, 0.717) is 40.2 Å². The molecule has 0 radical (unpaired) electrons. The van der Waals surface area contributed by atoms with Gasteiger partial charge in [-0.2, -0.15) is 0 Å². The first-order chi connectivity index (χ1) is 14.5. The van der Waals surface area contributed by atoms with Crippen molar-refractivity contribution < 1.29 is 13.9 Å². The lowest BCUT2D eigenvalue weighted by Crippen LogP contribution is -2.35. The minimum atomic E-state index is -0.840. The average Bonchev–Trinajstić information content (AvgIpc) is 3.49. The molecule has 1 saturated carbocycles.